The predicted molar refractivity (Wildman–Crippen MR) is 141 cm³/mol. The number of amides is 2. The third-order valence-corrected chi connectivity index (χ3v) is 7.04. The first-order valence-electron chi connectivity index (χ1n) is 12.7. The Kier molecular flexibility index (Phi) is 6.94. The van der Waals surface area contributed by atoms with Gasteiger partial charge in [-0.15, -0.1) is 0 Å². The van der Waals surface area contributed by atoms with Crippen LogP contribution in [0.4, 0.5) is 20.7 Å². The van der Waals surface area contributed by atoms with Crippen molar-refractivity contribution in [2.45, 2.75) is 45.9 Å². The fourth-order valence-corrected chi connectivity index (χ4v) is 5.08. The van der Waals surface area contributed by atoms with Crippen LogP contribution in [0.2, 0.25) is 0 Å². The van der Waals surface area contributed by atoms with Gasteiger partial charge in [0, 0.05) is 38.4 Å². The highest BCUT2D eigenvalue weighted by Crippen LogP contribution is 2.30. The number of nitrogens with zero attached hydrogens (tertiary/aromatic N) is 4. The first-order valence-corrected chi connectivity index (χ1v) is 12.7. The predicted octanol–water partition coefficient (Wildman–Crippen LogP) is 2.67. The van der Waals surface area contributed by atoms with Crippen molar-refractivity contribution in [2.75, 3.05) is 29.4 Å². The molecule has 2 N–H and O–H groups in total. The van der Waals surface area contributed by atoms with Crippen molar-refractivity contribution in [3.05, 3.63) is 63.2 Å². The molecule has 0 bridgehead atoms. The van der Waals surface area contributed by atoms with Crippen LogP contribution < -0.4 is 20.5 Å². The zero-order valence-corrected chi connectivity index (χ0v) is 21.6. The van der Waals surface area contributed by atoms with Crippen molar-refractivity contribution in [3.8, 4) is 0 Å². The largest absolute Gasteiger partial charge is 0.477 e. The van der Waals surface area contributed by atoms with Crippen LogP contribution >= 0.6 is 0 Å². The molecular weight excluding hydrogens is 509 g/mol. The number of hydrogen-bond acceptors (Lipinski definition) is 7. The highest BCUT2D eigenvalue weighted by atomic mass is 19.1. The molecule has 0 saturated carbocycles. The Labute approximate surface area is 222 Å². The van der Waals surface area contributed by atoms with E-state index in [9.17, 15) is 24.3 Å². The summed E-state index contributed by atoms with van der Waals surface area (Å²) in [4.78, 5) is 55.7. The number of hydrogen-bond donors (Lipinski definition) is 2. The van der Waals surface area contributed by atoms with Gasteiger partial charge in [0.25, 0.3) is 0 Å². The van der Waals surface area contributed by atoms with Crippen LogP contribution in [-0.2, 0) is 29.0 Å². The molecule has 2 aromatic heterocycles. The quantitative estimate of drug-likeness (QED) is 0.490. The number of aromatic nitrogens is 2. The third-order valence-electron chi connectivity index (χ3n) is 7.04. The second-order valence-electron chi connectivity index (χ2n) is 9.66. The molecule has 204 valence electrons. The number of carbonyl (C=O) groups excluding carboxylic acids is 2. The molecule has 3 aromatic rings. The number of carbonyl (C=O) groups is 3. The molecule has 1 aromatic carbocycles. The maximum absolute atomic E-state index is 15.3. The number of aromatic carboxylic acids is 1. The molecular formula is C27H28FN5O6. The Morgan fingerprint density at radius 3 is 2.74 bits per heavy atom. The monoisotopic (exact) mass is 537 g/mol. The molecule has 2 amide bonds. The average molecular weight is 538 g/mol. The van der Waals surface area contributed by atoms with Crippen LogP contribution in [-0.4, -0.2) is 58.4 Å². The molecule has 0 unspecified atom stereocenters. The van der Waals surface area contributed by atoms with Gasteiger partial charge in [-0.25, -0.2) is 19.0 Å². The van der Waals surface area contributed by atoms with Gasteiger partial charge in [-0.3, -0.25) is 14.5 Å². The second-order valence-corrected chi connectivity index (χ2v) is 9.66. The Hall–Kier alpha value is -4.48. The number of anilines is 2. The molecule has 0 spiro atoms. The van der Waals surface area contributed by atoms with E-state index in [4.69, 9.17) is 4.74 Å². The van der Waals surface area contributed by atoms with E-state index in [1.54, 1.807) is 6.92 Å². The summed E-state index contributed by atoms with van der Waals surface area (Å²) in [6.45, 7) is 4.98. The summed E-state index contributed by atoms with van der Waals surface area (Å²) in [5, 5.41) is 12.0. The minimum atomic E-state index is -1.37. The molecule has 0 aliphatic carbocycles. The topological polar surface area (TPSA) is 134 Å². The highest BCUT2D eigenvalue weighted by molar-refractivity contribution is 5.92. The van der Waals surface area contributed by atoms with Crippen molar-refractivity contribution in [3.63, 3.8) is 0 Å². The summed E-state index contributed by atoms with van der Waals surface area (Å²) in [7, 11) is 0. The lowest BCUT2D eigenvalue weighted by atomic mass is 10.0. The number of rotatable bonds is 6. The van der Waals surface area contributed by atoms with Gasteiger partial charge in [0.15, 0.2) is 11.6 Å². The van der Waals surface area contributed by atoms with Crippen LogP contribution in [0.5, 0.6) is 0 Å². The fourth-order valence-electron chi connectivity index (χ4n) is 5.08. The number of carboxylic acid groups (broad SMARTS) is 1. The summed E-state index contributed by atoms with van der Waals surface area (Å²) in [6, 6.07) is 6.73. The minimum Gasteiger partial charge on any atom is -0.477 e. The van der Waals surface area contributed by atoms with Crippen LogP contribution in [0.25, 0.3) is 11.0 Å². The van der Waals surface area contributed by atoms with Crippen LogP contribution in [0.3, 0.4) is 0 Å². The first-order chi connectivity index (χ1) is 18.7. The molecule has 39 heavy (non-hydrogen) atoms. The number of benzene rings is 1. The van der Waals surface area contributed by atoms with E-state index >= 15 is 4.39 Å². The maximum atomic E-state index is 15.3. The van der Waals surface area contributed by atoms with E-state index in [1.165, 1.54) is 22.6 Å². The zero-order chi connectivity index (χ0) is 27.8. The first kappa shape index (κ1) is 26.1. The summed E-state index contributed by atoms with van der Waals surface area (Å²) >= 11 is 0. The molecule has 4 heterocycles. The maximum Gasteiger partial charge on any atom is 0.414 e. The third kappa shape index (κ3) is 5.01. The second kappa shape index (κ2) is 10.4. The molecule has 1 fully saturated rings. The Bertz CT molecular complexity index is 1550. The van der Waals surface area contributed by atoms with Crippen LogP contribution in [0.15, 0.2) is 35.3 Å². The van der Waals surface area contributed by atoms with Crippen molar-refractivity contribution >= 4 is 40.5 Å². The van der Waals surface area contributed by atoms with Crippen molar-refractivity contribution in [2.24, 2.45) is 0 Å². The number of fused-ring (bicyclic) bond motifs is 2. The Morgan fingerprint density at radius 2 is 2.03 bits per heavy atom. The number of nitrogens with one attached hydrogen (secondary N) is 1. The SMILES string of the molecule is CCn1cc(C(=O)O)c(=O)c2cc(F)c(N3CCCc4cc(N5C[C@H](CNC(C)=O)OC5=O)ccc4C3)nc21. The van der Waals surface area contributed by atoms with E-state index in [2.05, 4.69) is 10.3 Å². The molecule has 11 nitrogen and oxygen atoms in total. The van der Waals surface area contributed by atoms with Gasteiger partial charge in [0.1, 0.15) is 17.3 Å². The summed E-state index contributed by atoms with van der Waals surface area (Å²) in [5.41, 5.74) is 1.69. The number of carboxylic acids is 1. The zero-order valence-electron chi connectivity index (χ0n) is 21.6. The Balaban J connectivity index is 1.43. The van der Waals surface area contributed by atoms with E-state index in [0.29, 0.717) is 44.7 Å². The highest BCUT2D eigenvalue weighted by Gasteiger charge is 2.33. The van der Waals surface area contributed by atoms with E-state index < -0.39 is 35.0 Å². The number of aryl methyl sites for hydroxylation is 2. The van der Waals surface area contributed by atoms with Crippen molar-refractivity contribution < 1.29 is 28.6 Å². The van der Waals surface area contributed by atoms with Crippen molar-refractivity contribution in [1.82, 2.24) is 14.9 Å². The summed E-state index contributed by atoms with van der Waals surface area (Å²) in [5.74, 6) is -2.18. The number of halogens is 1. The van der Waals surface area contributed by atoms with E-state index in [0.717, 1.165) is 17.2 Å². The van der Waals surface area contributed by atoms with Crippen molar-refractivity contribution in [1.29, 1.82) is 0 Å². The van der Waals surface area contributed by atoms with E-state index in [-0.39, 0.29) is 29.3 Å². The number of cyclic esters (lactones) is 1. The summed E-state index contributed by atoms with van der Waals surface area (Å²) in [6.07, 6.45) is 1.73. The lowest BCUT2D eigenvalue weighted by molar-refractivity contribution is -0.119. The normalized spacial score (nSPS) is 17.1. The van der Waals surface area contributed by atoms with Gasteiger partial charge in [-0.1, -0.05) is 6.07 Å². The molecule has 12 heteroatoms. The Morgan fingerprint density at radius 1 is 1.23 bits per heavy atom. The molecule has 2 aliphatic heterocycles. The molecule has 1 atom stereocenters. The molecule has 5 rings (SSSR count). The summed E-state index contributed by atoms with van der Waals surface area (Å²) < 4.78 is 22.3. The van der Waals surface area contributed by atoms with Gasteiger partial charge in [-0.05, 0) is 49.1 Å². The van der Waals surface area contributed by atoms with Gasteiger partial charge in [0.05, 0.1) is 18.5 Å². The fraction of sp³-hybridized carbons (Fsp3) is 0.370. The van der Waals surface area contributed by atoms with Crippen LogP contribution in [0.1, 0.15) is 41.8 Å². The van der Waals surface area contributed by atoms with Gasteiger partial charge in [-0.2, -0.15) is 0 Å². The van der Waals surface area contributed by atoms with Gasteiger partial charge >= 0.3 is 12.1 Å². The van der Waals surface area contributed by atoms with Gasteiger partial charge in [0.2, 0.25) is 11.3 Å². The lowest BCUT2D eigenvalue weighted by Crippen LogP contribution is -2.33. The molecule has 0 radical (unpaired) electrons. The van der Waals surface area contributed by atoms with Gasteiger partial charge < -0.3 is 24.6 Å². The molecule has 2 aliphatic rings. The standard InChI is InChI=1S/C27H28FN5O6/c1-3-31-14-21(26(36)37)23(35)20-10-22(28)25(30-24(20)31)32-8-4-5-16-9-18(7-6-17(16)12-32)33-13-19(39-27(33)38)11-29-15(2)34/h6-7,9-10,14,19H,3-5,8,11-13H2,1-2H3,(H,29,34)(H,36,37)/t19-/m0/s1. The molecule has 1 saturated heterocycles. The minimum absolute atomic E-state index is 0.0767. The smallest absolute Gasteiger partial charge is 0.414 e. The lowest BCUT2D eigenvalue weighted by Gasteiger charge is -2.24. The van der Waals surface area contributed by atoms with Crippen LogP contribution in [0, 0.1) is 5.82 Å². The number of pyridine rings is 2. The van der Waals surface area contributed by atoms with E-state index in [1.807, 2.05) is 23.1 Å². The number of ether oxygens (including phenoxy) is 1. The average Bonchev–Trinajstić information content (AvgIpc) is 3.14.